The molecule has 0 aliphatic carbocycles. The number of ether oxygens (including phenoxy) is 1. The Morgan fingerprint density at radius 1 is 1.40 bits per heavy atom. The third-order valence-electron chi connectivity index (χ3n) is 2.60. The van der Waals surface area contributed by atoms with Gasteiger partial charge in [0.05, 0.1) is 12.4 Å². The summed E-state index contributed by atoms with van der Waals surface area (Å²) in [6.07, 6.45) is 3.53. The summed E-state index contributed by atoms with van der Waals surface area (Å²) < 4.78 is 17.9. The molecule has 1 aromatic heterocycles. The van der Waals surface area contributed by atoms with Crippen LogP contribution >= 0.6 is 12.4 Å². The number of imidazole rings is 1. The first-order valence-electron chi connectivity index (χ1n) is 5.79. The van der Waals surface area contributed by atoms with Gasteiger partial charge in [-0.15, -0.1) is 12.4 Å². The molecule has 0 saturated heterocycles. The average Bonchev–Trinajstić information content (AvgIpc) is 2.90. The fourth-order valence-electron chi connectivity index (χ4n) is 1.54. The van der Waals surface area contributed by atoms with Gasteiger partial charge in [0, 0.05) is 18.3 Å². The molecule has 2 aromatic rings. The summed E-state index contributed by atoms with van der Waals surface area (Å²) in [4.78, 5) is 18.5. The van der Waals surface area contributed by atoms with Crippen molar-refractivity contribution in [2.24, 2.45) is 5.73 Å². The Hall–Kier alpha value is -1.92. The molecule has 0 aliphatic rings. The van der Waals surface area contributed by atoms with Gasteiger partial charge < -0.3 is 15.5 Å². The fourth-order valence-corrected chi connectivity index (χ4v) is 1.54. The lowest BCUT2D eigenvalue weighted by Gasteiger charge is -2.10. The molecule has 1 heterocycles. The molecule has 0 saturated carbocycles. The highest BCUT2D eigenvalue weighted by molar-refractivity contribution is 5.85. The smallest absolute Gasteiger partial charge is 0.187 e. The molecule has 5 nitrogen and oxygen atoms in total. The lowest BCUT2D eigenvalue weighted by atomic mass is 10.1. The SMILES string of the molecule is Cl.N[C@@H](Cc1cnc[nH]1)C(=O)COc1ccc(F)cc1. The molecular weight excluding hydrogens is 285 g/mol. The first kappa shape index (κ1) is 16.1. The van der Waals surface area contributed by atoms with E-state index in [4.69, 9.17) is 10.5 Å². The van der Waals surface area contributed by atoms with Crippen molar-refractivity contribution in [1.29, 1.82) is 0 Å². The molecule has 7 heteroatoms. The second-order valence-corrected chi connectivity index (χ2v) is 4.10. The predicted molar refractivity (Wildman–Crippen MR) is 74.4 cm³/mol. The number of carbonyl (C=O) groups excluding carboxylic acids is 1. The average molecular weight is 300 g/mol. The highest BCUT2D eigenvalue weighted by atomic mass is 35.5. The number of benzene rings is 1. The molecule has 1 aromatic carbocycles. The van der Waals surface area contributed by atoms with Gasteiger partial charge in [-0.05, 0) is 24.3 Å². The standard InChI is InChI=1S/C13H14FN3O2.ClH/c14-9-1-3-11(4-2-9)19-7-13(18)12(15)5-10-6-16-8-17-10;/h1-4,6,8,12H,5,7,15H2,(H,16,17);1H/t12-;/m0./s1. The van der Waals surface area contributed by atoms with Crippen LogP contribution in [0, 0.1) is 5.82 Å². The maximum absolute atomic E-state index is 12.7. The molecule has 0 amide bonds. The van der Waals surface area contributed by atoms with Crippen LogP contribution in [0.15, 0.2) is 36.8 Å². The normalized spacial score (nSPS) is 11.5. The second-order valence-electron chi connectivity index (χ2n) is 4.10. The van der Waals surface area contributed by atoms with Crippen LogP contribution in [0.1, 0.15) is 5.69 Å². The predicted octanol–water partition coefficient (Wildman–Crippen LogP) is 1.49. The van der Waals surface area contributed by atoms with Crippen molar-refractivity contribution in [2.45, 2.75) is 12.5 Å². The molecule has 0 bridgehead atoms. The van der Waals surface area contributed by atoms with Crippen molar-refractivity contribution >= 4 is 18.2 Å². The number of ketones is 1. The Balaban J connectivity index is 0.00000200. The Morgan fingerprint density at radius 3 is 2.70 bits per heavy atom. The number of carbonyl (C=O) groups is 1. The van der Waals surface area contributed by atoms with E-state index < -0.39 is 6.04 Å². The number of H-pyrrole nitrogens is 1. The molecule has 3 N–H and O–H groups in total. The maximum Gasteiger partial charge on any atom is 0.187 e. The number of rotatable bonds is 6. The second kappa shape index (κ2) is 7.62. The lowest BCUT2D eigenvalue weighted by molar-refractivity contribution is -0.122. The van der Waals surface area contributed by atoms with E-state index in [9.17, 15) is 9.18 Å². The van der Waals surface area contributed by atoms with E-state index in [2.05, 4.69) is 9.97 Å². The number of hydrogen-bond donors (Lipinski definition) is 2. The largest absolute Gasteiger partial charge is 0.486 e. The highest BCUT2D eigenvalue weighted by Gasteiger charge is 2.15. The first-order chi connectivity index (χ1) is 9.15. The molecule has 0 unspecified atom stereocenters. The maximum atomic E-state index is 12.7. The number of Topliss-reactive ketones (excluding diaryl/α,β-unsaturated/α-hetero) is 1. The molecule has 0 fully saturated rings. The molecule has 0 spiro atoms. The fraction of sp³-hybridized carbons (Fsp3) is 0.231. The van der Waals surface area contributed by atoms with Crippen molar-refractivity contribution < 1.29 is 13.9 Å². The number of nitrogens with one attached hydrogen (secondary N) is 1. The molecule has 2 rings (SSSR count). The zero-order chi connectivity index (χ0) is 13.7. The summed E-state index contributed by atoms with van der Waals surface area (Å²) in [6, 6.07) is 4.81. The molecule has 20 heavy (non-hydrogen) atoms. The van der Waals surface area contributed by atoms with Gasteiger partial charge in [-0.2, -0.15) is 0 Å². The number of nitrogens with zero attached hydrogens (tertiary/aromatic N) is 1. The van der Waals surface area contributed by atoms with Gasteiger partial charge in [0.25, 0.3) is 0 Å². The molecule has 0 radical (unpaired) electrons. The van der Waals surface area contributed by atoms with E-state index >= 15 is 0 Å². The van der Waals surface area contributed by atoms with Crippen molar-refractivity contribution in [3.05, 3.63) is 48.3 Å². The highest BCUT2D eigenvalue weighted by Crippen LogP contribution is 2.11. The first-order valence-corrected chi connectivity index (χ1v) is 5.79. The third kappa shape index (κ3) is 4.64. The monoisotopic (exact) mass is 299 g/mol. The van der Waals surface area contributed by atoms with E-state index in [0.717, 1.165) is 5.69 Å². The van der Waals surface area contributed by atoms with Crippen LogP contribution in [0.5, 0.6) is 5.75 Å². The number of halogens is 2. The van der Waals surface area contributed by atoms with E-state index in [1.54, 1.807) is 6.20 Å². The summed E-state index contributed by atoms with van der Waals surface area (Å²) in [5.41, 5.74) is 6.55. The summed E-state index contributed by atoms with van der Waals surface area (Å²) in [5.74, 6) is -0.142. The summed E-state index contributed by atoms with van der Waals surface area (Å²) in [7, 11) is 0. The molecular formula is C13H15ClFN3O2. The molecule has 0 aliphatic heterocycles. The van der Waals surface area contributed by atoms with Crippen molar-refractivity contribution in [2.75, 3.05) is 6.61 Å². The minimum absolute atomic E-state index is 0. The van der Waals surface area contributed by atoms with Gasteiger partial charge in [-0.25, -0.2) is 9.37 Å². The van der Waals surface area contributed by atoms with Crippen molar-refractivity contribution in [3.63, 3.8) is 0 Å². The van der Waals surface area contributed by atoms with Crippen molar-refractivity contribution in [1.82, 2.24) is 9.97 Å². The minimum Gasteiger partial charge on any atom is -0.486 e. The van der Waals surface area contributed by atoms with E-state index in [-0.39, 0.29) is 30.6 Å². The Kier molecular flexibility index (Phi) is 6.14. The van der Waals surface area contributed by atoms with Gasteiger partial charge in [-0.1, -0.05) is 0 Å². The van der Waals surface area contributed by atoms with Gasteiger partial charge >= 0.3 is 0 Å². The van der Waals surface area contributed by atoms with Crippen LogP contribution in [0.3, 0.4) is 0 Å². The zero-order valence-electron chi connectivity index (χ0n) is 10.6. The van der Waals surface area contributed by atoms with Crippen molar-refractivity contribution in [3.8, 4) is 5.75 Å². The van der Waals surface area contributed by atoms with E-state index in [0.29, 0.717) is 12.2 Å². The third-order valence-corrected chi connectivity index (χ3v) is 2.60. The summed E-state index contributed by atoms with van der Waals surface area (Å²) in [6.45, 7) is -0.138. The van der Waals surface area contributed by atoms with Crippen LogP contribution in [-0.4, -0.2) is 28.4 Å². The van der Waals surface area contributed by atoms with Gasteiger partial charge in [0.15, 0.2) is 5.78 Å². The summed E-state index contributed by atoms with van der Waals surface area (Å²) >= 11 is 0. The Bertz CT molecular complexity index is 531. The van der Waals surface area contributed by atoms with Crippen LogP contribution < -0.4 is 10.5 Å². The van der Waals surface area contributed by atoms with Gasteiger partial charge in [-0.3, -0.25) is 4.79 Å². The van der Waals surface area contributed by atoms with Crippen LogP contribution in [0.25, 0.3) is 0 Å². The topological polar surface area (TPSA) is 81.0 Å². The number of aromatic amines is 1. The Morgan fingerprint density at radius 2 is 2.10 bits per heavy atom. The lowest BCUT2D eigenvalue weighted by Crippen LogP contribution is -2.36. The van der Waals surface area contributed by atoms with E-state index in [1.807, 2.05) is 0 Å². The van der Waals surface area contributed by atoms with E-state index in [1.165, 1.54) is 30.6 Å². The number of hydrogen-bond acceptors (Lipinski definition) is 4. The van der Waals surface area contributed by atoms with Gasteiger partial charge in [0.1, 0.15) is 18.2 Å². The van der Waals surface area contributed by atoms with Crippen LogP contribution in [0.2, 0.25) is 0 Å². The molecule has 108 valence electrons. The molecule has 1 atom stereocenters. The minimum atomic E-state index is -0.652. The Labute approximate surface area is 121 Å². The number of nitrogens with two attached hydrogens (primary N) is 1. The number of aromatic nitrogens is 2. The van der Waals surface area contributed by atoms with Gasteiger partial charge in [0.2, 0.25) is 0 Å². The van der Waals surface area contributed by atoms with Crippen LogP contribution in [0.4, 0.5) is 4.39 Å². The zero-order valence-corrected chi connectivity index (χ0v) is 11.4. The van der Waals surface area contributed by atoms with Crippen LogP contribution in [-0.2, 0) is 11.2 Å². The quantitative estimate of drug-likeness (QED) is 0.847. The summed E-state index contributed by atoms with van der Waals surface area (Å²) in [5, 5.41) is 0.